The fourth-order valence-corrected chi connectivity index (χ4v) is 7.03. The van der Waals surface area contributed by atoms with E-state index in [1.54, 1.807) is 23.1 Å². The van der Waals surface area contributed by atoms with Gasteiger partial charge in [-0.05, 0) is 30.7 Å². The number of nitro groups is 1. The minimum absolute atomic E-state index is 0.0756. The summed E-state index contributed by atoms with van der Waals surface area (Å²) in [5.74, 6) is -1.52. The van der Waals surface area contributed by atoms with Crippen LogP contribution in [0.25, 0.3) is 0 Å². The molecule has 0 N–H and O–H groups in total. The van der Waals surface area contributed by atoms with Crippen LogP contribution in [0.3, 0.4) is 0 Å². The van der Waals surface area contributed by atoms with Crippen LogP contribution in [0.4, 0.5) is 16.2 Å². The summed E-state index contributed by atoms with van der Waals surface area (Å²) in [4.78, 5) is 54.5. The van der Waals surface area contributed by atoms with Crippen molar-refractivity contribution < 1.29 is 27.7 Å². The molecule has 2 saturated heterocycles. The Balaban J connectivity index is 1.65. The number of hydrogen-bond acceptors (Lipinski definition) is 8. The van der Waals surface area contributed by atoms with E-state index in [2.05, 4.69) is 0 Å². The van der Waals surface area contributed by atoms with Gasteiger partial charge in [-0.25, -0.2) is 13.2 Å². The van der Waals surface area contributed by atoms with Crippen LogP contribution in [0.2, 0.25) is 0 Å². The second-order valence-corrected chi connectivity index (χ2v) is 11.6. The number of rotatable bonds is 3. The maximum atomic E-state index is 13.7. The number of sulfonamides is 1. The summed E-state index contributed by atoms with van der Waals surface area (Å²) < 4.78 is 28.3. The number of carbonyl (C=O) groups is 3. The molecule has 0 unspecified atom stereocenters. The molecule has 0 aliphatic carbocycles. The SMILES string of the molecule is Cc1ccc(S(=O)(=O)N2CCN3c4ccc([N+](=O)[O-])cc4CC4(C(=O)N(C)C(=O)N(C)C4=O)[C@H]3C2)cc1. The van der Waals surface area contributed by atoms with Gasteiger partial charge in [0.1, 0.15) is 0 Å². The van der Waals surface area contributed by atoms with Gasteiger partial charge in [-0.15, -0.1) is 0 Å². The molecule has 0 aromatic heterocycles. The number of imide groups is 2. The lowest BCUT2D eigenvalue weighted by atomic mass is 9.67. The Morgan fingerprint density at radius 3 is 2.19 bits per heavy atom. The van der Waals surface area contributed by atoms with E-state index in [0.717, 1.165) is 15.4 Å². The first kappa shape index (κ1) is 24.8. The van der Waals surface area contributed by atoms with Crippen LogP contribution in [-0.4, -0.2) is 85.1 Å². The van der Waals surface area contributed by atoms with E-state index < -0.39 is 44.2 Å². The normalized spacial score (nSPS) is 21.8. The number of aryl methyl sites for hydroxylation is 1. The predicted molar refractivity (Wildman–Crippen MR) is 131 cm³/mol. The molecule has 5 rings (SSSR count). The third-order valence-electron chi connectivity index (χ3n) is 7.57. The van der Waals surface area contributed by atoms with Gasteiger partial charge in [0.05, 0.1) is 15.9 Å². The number of barbiturate groups is 1. The van der Waals surface area contributed by atoms with Gasteiger partial charge in [0.25, 0.3) is 5.69 Å². The Bertz CT molecular complexity index is 1430. The number of non-ortho nitro benzene ring substituents is 1. The van der Waals surface area contributed by atoms with Crippen molar-refractivity contribution in [2.45, 2.75) is 24.3 Å². The molecular weight excluding hydrogens is 502 g/mol. The molecule has 2 aromatic rings. The largest absolute Gasteiger partial charge is 0.364 e. The van der Waals surface area contributed by atoms with Crippen LogP contribution in [0.5, 0.6) is 0 Å². The van der Waals surface area contributed by atoms with Crippen molar-refractivity contribution in [1.29, 1.82) is 0 Å². The Labute approximate surface area is 213 Å². The van der Waals surface area contributed by atoms with Crippen LogP contribution in [-0.2, 0) is 26.0 Å². The van der Waals surface area contributed by atoms with Crippen molar-refractivity contribution in [3.05, 3.63) is 63.7 Å². The summed E-state index contributed by atoms with van der Waals surface area (Å²) in [7, 11) is -1.41. The average Bonchev–Trinajstić information content (AvgIpc) is 2.89. The van der Waals surface area contributed by atoms with E-state index in [1.165, 1.54) is 42.7 Å². The van der Waals surface area contributed by atoms with Crippen LogP contribution < -0.4 is 4.90 Å². The lowest BCUT2D eigenvalue weighted by Crippen LogP contribution is -2.74. The minimum atomic E-state index is -3.95. The molecule has 13 heteroatoms. The molecule has 3 aliphatic heterocycles. The Morgan fingerprint density at radius 1 is 0.973 bits per heavy atom. The monoisotopic (exact) mass is 527 g/mol. The highest BCUT2D eigenvalue weighted by Crippen LogP contribution is 2.48. The van der Waals surface area contributed by atoms with Crippen molar-refractivity contribution in [1.82, 2.24) is 14.1 Å². The first-order chi connectivity index (χ1) is 17.4. The van der Waals surface area contributed by atoms with E-state index >= 15 is 0 Å². The second-order valence-electron chi connectivity index (χ2n) is 9.61. The summed E-state index contributed by atoms with van der Waals surface area (Å²) in [6.45, 7) is 1.88. The molecule has 1 atom stereocenters. The molecule has 2 aromatic carbocycles. The van der Waals surface area contributed by atoms with Gasteiger partial charge in [0, 0.05) is 58.0 Å². The van der Waals surface area contributed by atoms with E-state index in [-0.39, 0.29) is 36.6 Å². The molecule has 4 amide bonds. The fourth-order valence-electron chi connectivity index (χ4n) is 5.60. The average molecular weight is 528 g/mol. The summed E-state index contributed by atoms with van der Waals surface area (Å²) in [6, 6.07) is 8.92. The molecule has 0 radical (unpaired) electrons. The van der Waals surface area contributed by atoms with Gasteiger partial charge in [0.2, 0.25) is 21.8 Å². The summed E-state index contributed by atoms with van der Waals surface area (Å²) in [5, 5.41) is 11.4. The van der Waals surface area contributed by atoms with Crippen LogP contribution >= 0.6 is 0 Å². The number of urea groups is 1. The topological polar surface area (TPSA) is 141 Å². The zero-order chi connectivity index (χ0) is 26.9. The third kappa shape index (κ3) is 3.52. The molecule has 3 heterocycles. The van der Waals surface area contributed by atoms with Gasteiger partial charge < -0.3 is 4.90 Å². The van der Waals surface area contributed by atoms with E-state index in [0.29, 0.717) is 11.3 Å². The summed E-state index contributed by atoms with van der Waals surface area (Å²) in [6.07, 6.45) is -0.205. The zero-order valence-corrected chi connectivity index (χ0v) is 21.3. The lowest BCUT2D eigenvalue weighted by Gasteiger charge is -2.55. The highest BCUT2D eigenvalue weighted by atomic mass is 32.2. The minimum Gasteiger partial charge on any atom is -0.364 e. The maximum Gasteiger partial charge on any atom is 0.332 e. The summed E-state index contributed by atoms with van der Waals surface area (Å²) >= 11 is 0. The van der Waals surface area contributed by atoms with Crippen molar-refractivity contribution in [2.24, 2.45) is 5.41 Å². The molecule has 2 fully saturated rings. The smallest absolute Gasteiger partial charge is 0.332 e. The van der Waals surface area contributed by atoms with Crippen LogP contribution in [0, 0.1) is 22.5 Å². The van der Waals surface area contributed by atoms with Gasteiger partial charge in [0.15, 0.2) is 5.41 Å². The van der Waals surface area contributed by atoms with Gasteiger partial charge in [-0.3, -0.25) is 29.5 Å². The zero-order valence-electron chi connectivity index (χ0n) is 20.4. The van der Waals surface area contributed by atoms with Crippen molar-refractivity contribution in [2.75, 3.05) is 38.6 Å². The van der Waals surface area contributed by atoms with E-state index in [9.17, 15) is 32.9 Å². The van der Waals surface area contributed by atoms with Gasteiger partial charge >= 0.3 is 6.03 Å². The van der Waals surface area contributed by atoms with Crippen LogP contribution in [0.1, 0.15) is 11.1 Å². The number of anilines is 1. The number of amides is 4. The standard InChI is InChI=1S/C24H25N5O7S/c1-15-4-7-18(8-5-15)37(35,36)27-10-11-28-19-9-6-17(29(33)34)12-16(19)13-24(20(28)14-27)21(30)25(2)23(32)26(3)22(24)31/h4-9,12,20H,10-11,13-14H2,1-3H3/t20-/m1/s1. The highest BCUT2D eigenvalue weighted by Gasteiger charge is 2.64. The number of hydrogen-bond donors (Lipinski definition) is 0. The highest BCUT2D eigenvalue weighted by molar-refractivity contribution is 7.89. The number of nitrogens with zero attached hydrogens (tertiary/aromatic N) is 5. The van der Waals surface area contributed by atoms with E-state index in [1.807, 2.05) is 6.92 Å². The Morgan fingerprint density at radius 2 is 1.59 bits per heavy atom. The number of nitro benzene ring substituents is 1. The molecular formula is C24H25N5O7S. The van der Waals surface area contributed by atoms with E-state index in [4.69, 9.17) is 0 Å². The molecule has 37 heavy (non-hydrogen) atoms. The molecule has 3 aliphatic rings. The second kappa shape index (κ2) is 8.35. The predicted octanol–water partition coefficient (Wildman–Crippen LogP) is 1.38. The molecule has 0 bridgehead atoms. The van der Waals surface area contributed by atoms with Crippen molar-refractivity contribution >= 4 is 39.2 Å². The molecule has 194 valence electrons. The lowest BCUT2D eigenvalue weighted by molar-refractivity contribution is -0.384. The van der Waals surface area contributed by atoms with Crippen LogP contribution in [0.15, 0.2) is 47.4 Å². The number of piperazine rings is 1. The first-order valence-corrected chi connectivity index (χ1v) is 13.0. The third-order valence-corrected chi connectivity index (χ3v) is 9.45. The van der Waals surface area contributed by atoms with Gasteiger partial charge in [-0.2, -0.15) is 4.31 Å². The molecule has 12 nitrogen and oxygen atoms in total. The maximum absolute atomic E-state index is 13.7. The number of carbonyl (C=O) groups excluding carboxylic acids is 3. The van der Waals surface area contributed by atoms with Crippen molar-refractivity contribution in [3.8, 4) is 0 Å². The number of benzene rings is 2. The molecule has 0 saturated carbocycles. The first-order valence-electron chi connectivity index (χ1n) is 11.6. The fraction of sp³-hybridized carbons (Fsp3) is 0.375. The van der Waals surface area contributed by atoms with Crippen molar-refractivity contribution in [3.63, 3.8) is 0 Å². The number of fused-ring (bicyclic) bond motifs is 4. The summed E-state index contributed by atoms with van der Waals surface area (Å²) in [5.41, 5.74) is -0.132. The quantitative estimate of drug-likeness (QED) is 0.331. The molecule has 1 spiro atoms. The Hall–Kier alpha value is -3.84. The van der Waals surface area contributed by atoms with Gasteiger partial charge in [-0.1, -0.05) is 17.7 Å². The Kier molecular flexibility index (Phi) is 5.60.